The molecule has 27 heavy (non-hydrogen) atoms. The van der Waals surface area contributed by atoms with Crippen LogP contribution in [0.15, 0.2) is 30.3 Å². The van der Waals surface area contributed by atoms with Gasteiger partial charge in [0.2, 0.25) is 17.7 Å². The summed E-state index contributed by atoms with van der Waals surface area (Å²) in [6.07, 6.45) is 1.12. The summed E-state index contributed by atoms with van der Waals surface area (Å²) in [5.74, 6) is -0.101. The Kier molecular flexibility index (Phi) is 4.42. The van der Waals surface area contributed by atoms with E-state index >= 15 is 0 Å². The predicted molar refractivity (Wildman–Crippen MR) is 97.4 cm³/mol. The third kappa shape index (κ3) is 2.90. The van der Waals surface area contributed by atoms with Crippen molar-refractivity contribution >= 4 is 17.7 Å². The van der Waals surface area contributed by atoms with Gasteiger partial charge in [-0.25, -0.2) is 0 Å². The summed E-state index contributed by atoms with van der Waals surface area (Å²) in [4.78, 5) is 42.2. The van der Waals surface area contributed by atoms with Crippen LogP contribution >= 0.6 is 0 Å². The van der Waals surface area contributed by atoms with Crippen molar-refractivity contribution in [3.8, 4) is 0 Å². The van der Waals surface area contributed by atoms with Gasteiger partial charge in [0.25, 0.3) is 0 Å². The Balaban J connectivity index is 1.49. The van der Waals surface area contributed by atoms with E-state index in [1.807, 2.05) is 35.2 Å². The van der Waals surface area contributed by atoms with Gasteiger partial charge in [0, 0.05) is 39.9 Å². The largest absolute Gasteiger partial charge is 0.349 e. The van der Waals surface area contributed by atoms with Crippen LogP contribution in [-0.2, 0) is 19.1 Å². The van der Waals surface area contributed by atoms with Crippen LogP contribution in [-0.4, -0.2) is 71.4 Å². The fourth-order valence-electron chi connectivity index (χ4n) is 4.55. The van der Waals surface area contributed by atoms with Crippen molar-refractivity contribution in [1.82, 2.24) is 14.7 Å². The second-order valence-corrected chi connectivity index (χ2v) is 7.71. The molecule has 144 valence electrons. The van der Waals surface area contributed by atoms with Gasteiger partial charge in [-0.1, -0.05) is 30.3 Å². The van der Waals surface area contributed by atoms with Crippen LogP contribution in [0.4, 0.5) is 0 Å². The number of likely N-dealkylation sites (tertiary alicyclic amines) is 1. The fourth-order valence-corrected chi connectivity index (χ4v) is 4.55. The average Bonchev–Trinajstić information content (AvgIpc) is 3.28. The Morgan fingerprint density at radius 3 is 2.67 bits per heavy atom. The molecule has 3 atom stereocenters. The van der Waals surface area contributed by atoms with Crippen molar-refractivity contribution < 1.29 is 19.1 Å². The molecular formula is C20H25N3O4. The average molecular weight is 371 g/mol. The van der Waals surface area contributed by atoms with Crippen molar-refractivity contribution in [3.05, 3.63) is 35.9 Å². The van der Waals surface area contributed by atoms with Crippen LogP contribution in [0.2, 0.25) is 0 Å². The van der Waals surface area contributed by atoms with Gasteiger partial charge in [0.05, 0.1) is 19.0 Å². The van der Waals surface area contributed by atoms with Crippen molar-refractivity contribution in [2.24, 2.45) is 0 Å². The highest BCUT2D eigenvalue weighted by Crippen LogP contribution is 2.50. The van der Waals surface area contributed by atoms with E-state index in [1.165, 1.54) is 4.90 Å². The highest BCUT2D eigenvalue weighted by atomic mass is 16.5. The summed E-state index contributed by atoms with van der Waals surface area (Å²) in [7, 11) is 3.36. The molecule has 0 unspecified atom stereocenters. The van der Waals surface area contributed by atoms with Gasteiger partial charge < -0.3 is 19.4 Å². The molecular weight excluding hydrogens is 346 g/mol. The third-order valence-corrected chi connectivity index (χ3v) is 5.97. The minimum absolute atomic E-state index is 0.0419. The van der Waals surface area contributed by atoms with E-state index in [-0.39, 0.29) is 42.7 Å². The van der Waals surface area contributed by atoms with Gasteiger partial charge >= 0.3 is 0 Å². The molecule has 3 aliphatic heterocycles. The highest BCUT2D eigenvalue weighted by molar-refractivity contribution is 5.87. The van der Waals surface area contributed by atoms with Crippen LogP contribution in [0.5, 0.6) is 0 Å². The number of carbonyl (C=O) groups is 3. The molecule has 7 heteroatoms. The molecule has 0 saturated carbocycles. The zero-order valence-electron chi connectivity index (χ0n) is 15.8. The molecule has 1 aromatic rings. The highest BCUT2D eigenvalue weighted by Gasteiger charge is 2.64. The second kappa shape index (κ2) is 6.64. The molecule has 1 spiro atoms. The number of ether oxygens (including phenoxy) is 1. The standard InChI is InChI=1S/C20H25N3O4/c1-21(2)17(24)8-9-18(25)22-11-10-20-16(22)12-19(26)23(20)13-15(27-20)14-6-4-3-5-7-14/h3-7,15-16H,8-13H2,1-2H3/t15-,16+,20-/m0/s1. The smallest absolute Gasteiger partial charge is 0.227 e. The normalized spacial score (nSPS) is 29.0. The lowest BCUT2D eigenvalue weighted by Gasteiger charge is -2.32. The van der Waals surface area contributed by atoms with Crippen LogP contribution in [0.3, 0.4) is 0 Å². The van der Waals surface area contributed by atoms with Crippen LogP contribution in [0.25, 0.3) is 0 Å². The maximum Gasteiger partial charge on any atom is 0.227 e. The molecule has 3 amide bonds. The van der Waals surface area contributed by atoms with Gasteiger partial charge in [-0.2, -0.15) is 0 Å². The topological polar surface area (TPSA) is 70.2 Å². The molecule has 3 fully saturated rings. The quantitative estimate of drug-likeness (QED) is 0.796. The second-order valence-electron chi connectivity index (χ2n) is 7.71. The number of hydrogen-bond acceptors (Lipinski definition) is 4. The van der Waals surface area contributed by atoms with Crippen molar-refractivity contribution in [3.63, 3.8) is 0 Å². The van der Waals surface area contributed by atoms with Crippen LogP contribution in [0, 0.1) is 0 Å². The molecule has 0 aromatic heterocycles. The van der Waals surface area contributed by atoms with Gasteiger partial charge in [-0.3, -0.25) is 14.4 Å². The number of carbonyl (C=O) groups excluding carboxylic acids is 3. The molecule has 4 rings (SSSR count). The lowest BCUT2D eigenvalue weighted by atomic mass is 10.1. The molecule has 3 saturated heterocycles. The first kappa shape index (κ1) is 18.0. The summed E-state index contributed by atoms with van der Waals surface area (Å²) < 4.78 is 6.43. The maximum absolute atomic E-state index is 12.7. The van der Waals surface area contributed by atoms with E-state index in [2.05, 4.69) is 0 Å². The summed E-state index contributed by atoms with van der Waals surface area (Å²) in [6.45, 7) is 1.09. The number of nitrogens with zero attached hydrogens (tertiary/aromatic N) is 3. The molecule has 3 aliphatic rings. The number of amides is 3. The molecule has 0 radical (unpaired) electrons. The van der Waals surface area contributed by atoms with E-state index in [1.54, 1.807) is 19.0 Å². The van der Waals surface area contributed by atoms with Gasteiger partial charge in [-0.15, -0.1) is 0 Å². The van der Waals surface area contributed by atoms with Gasteiger partial charge in [-0.05, 0) is 5.56 Å². The summed E-state index contributed by atoms with van der Waals surface area (Å²) >= 11 is 0. The van der Waals surface area contributed by atoms with Gasteiger partial charge in [0.15, 0.2) is 5.72 Å². The Bertz CT molecular complexity index is 766. The zero-order valence-corrected chi connectivity index (χ0v) is 15.8. The van der Waals surface area contributed by atoms with E-state index in [0.29, 0.717) is 25.9 Å². The van der Waals surface area contributed by atoms with E-state index in [0.717, 1.165) is 5.56 Å². The summed E-state index contributed by atoms with van der Waals surface area (Å²) in [5.41, 5.74) is 0.341. The molecule has 3 heterocycles. The molecule has 0 aliphatic carbocycles. The Labute approximate surface area is 158 Å². The van der Waals surface area contributed by atoms with Crippen molar-refractivity contribution in [2.75, 3.05) is 27.2 Å². The number of benzene rings is 1. The molecule has 0 N–H and O–H groups in total. The summed E-state index contributed by atoms with van der Waals surface area (Å²) in [6, 6.07) is 9.63. The Hall–Kier alpha value is -2.41. The monoisotopic (exact) mass is 371 g/mol. The zero-order chi connectivity index (χ0) is 19.2. The van der Waals surface area contributed by atoms with Gasteiger partial charge in [0.1, 0.15) is 6.10 Å². The lowest BCUT2D eigenvalue weighted by Crippen LogP contribution is -2.48. The minimum Gasteiger partial charge on any atom is -0.349 e. The maximum atomic E-state index is 12.7. The van der Waals surface area contributed by atoms with E-state index in [9.17, 15) is 14.4 Å². The van der Waals surface area contributed by atoms with E-state index < -0.39 is 5.72 Å². The minimum atomic E-state index is -0.710. The molecule has 1 aromatic carbocycles. The predicted octanol–water partition coefficient (Wildman–Crippen LogP) is 1.16. The van der Waals surface area contributed by atoms with E-state index in [4.69, 9.17) is 4.74 Å². The van der Waals surface area contributed by atoms with Crippen LogP contribution < -0.4 is 0 Å². The van der Waals surface area contributed by atoms with Crippen molar-refractivity contribution in [2.45, 2.75) is 43.6 Å². The first-order valence-corrected chi connectivity index (χ1v) is 9.45. The number of hydrogen-bond donors (Lipinski definition) is 0. The van der Waals surface area contributed by atoms with Crippen LogP contribution in [0.1, 0.15) is 37.4 Å². The number of rotatable bonds is 4. The fraction of sp³-hybridized carbons (Fsp3) is 0.550. The molecule has 7 nitrogen and oxygen atoms in total. The Morgan fingerprint density at radius 2 is 1.96 bits per heavy atom. The first-order chi connectivity index (χ1) is 12.9. The summed E-state index contributed by atoms with van der Waals surface area (Å²) in [5, 5.41) is 0. The Morgan fingerprint density at radius 1 is 1.22 bits per heavy atom. The lowest BCUT2D eigenvalue weighted by molar-refractivity contribution is -0.143. The molecule has 0 bridgehead atoms. The van der Waals surface area contributed by atoms with Crippen molar-refractivity contribution in [1.29, 1.82) is 0 Å². The third-order valence-electron chi connectivity index (χ3n) is 5.97. The first-order valence-electron chi connectivity index (χ1n) is 9.45. The SMILES string of the molecule is CN(C)C(=O)CCC(=O)N1CC[C@@]23O[C@H](c4ccccc4)CN2C(=O)C[C@@H]13.